The lowest BCUT2D eigenvalue weighted by atomic mass is 10.0. The minimum atomic E-state index is -0.627. The first-order chi connectivity index (χ1) is 15.1. The van der Waals surface area contributed by atoms with Crippen LogP contribution in [0.3, 0.4) is 0 Å². The molecule has 176 valence electrons. The van der Waals surface area contributed by atoms with Crippen molar-refractivity contribution >= 4 is 18.0 Å². The van der Waals surface area contributed by atoms with E-state index in [0.29, 0.717) is 26.0 Å². The van der Waals surface area contributed by atoms with E-state index in [1.165, 1.54) is 9.96 Å². The highest BCUT2D eigenvalue weighted by Crippen LogP contribution is 2.30. The van der Waals surface area contributed by atoms with E-state index in [1.807, 2.05) is 30.3 Å². The molecule has 2 aliphatic heterocycles. The summed E-state index contributed by atoms with van der Waals surface area (Å²) in [6.45, 7) is 7.83. The minimum absolute atomic E-state index is 0.0561. The SMILES string of the molecule is C[C@H](CONC(=O)[C@@H]1CC[C@@H]2CN1C(=O)N2OCc1ccccc1)NC(=O)OC(C)(C)C. The molecule has 2 fully saturated rings. The van der Waals surface area contributed by atoms with Gasteiger partial charge in [0.25, 0.3) is 5.91 Å². The Bertz CT molecular complexity index is 812. The van der Waals surface area contributed by atoms with Crippen molar-refractivity contribution in [2.75, 3.05) is 13.2 Å². The predicted octanol–water partition coefficient (Wildman–Crippen LogP) is 2.35. The summed E-state index contributed by atoms with van der Waals surface area (Å²) in [4.78, 5) is 49.7. The molecule has 3 atom stereocenters. The van der Waals surface area contributed by atoms with Gasteiger partial charge in [-0.05, 0) is 46.1 Å². The molecule has 2 saturated heterocycles. The van der Waals surface area contributed by atoms with Crippen molar-refractivity contribution in [2.24, 2.45) is 0 Å². The van der Waals surface area contributed by atoms with Gasteiger partial charge in [0.05, 0.1) is 18.7 Å². The summed E-state index contributed by atoms with van der Waals surface area (Å²) in [5, 5.41) is 4.01. The van der Waals surface area contributed by atoms with Crippen molar-refractivity contribution in [2.45, 2.75) is 70.9 Å². The van der Waals surface area contributed by atoms with Gasteiger partial charge in [0.1, 0.15) is 18.2 Å². The van der Waals surface area contributed by atoms with Gasteiger partial charge in [-0.15, -0.1) is 0 Å². The lowest BCUT2D eigenvalue weighted by molar-refractivity contribution is -0.141. The van der Waals surface area contributed by atoms with Crippen LogP contribution in [0.15, 0.2) is 30.3 Å². The highest BCUT2D eigenvalue weighted by atomic mass is 16.7. The van der Waals surface area contributed by atoms with Gasteiger partial charge >= 0.3 is 12.1 Å². The van der Waals surface area contributed by atoms with Crippen LogP contribution in [0.25, 0.3) is 0 Å². The quantitative estimate of drug-likeness (QED) is 0.591. The number of hydrogen-bond donors (Lipinski definition) is 2. The van der Waals surface area contributed by atoms with Gasteiger partial charge in [-0.3, -0.25) is 14.5 Å². The smallest absolute Gasteiger partial charge is 0.407 e. The molecule has 2 heterocycles. The zero-order chi connectivity index (χ0) is 23.3. The monoisotopic (exact) mass is 448 g/mol. The summed E-state index contributed by atoms with van der Waals surface area (Å²) < 4.78 is 5.18. The number of alkyl carbamates (subject to hydrolysis) is 1. The number of hydroxylamine groups is 3. The summed E-state index contributed by atoms with van der Waals surface area (Å²) in [6.07, 6.45) is 0.616. The molecule has 0 aromatic heterocycles. The largest absolute Gasteiger partial charge is 0.444 e. The van der Waals surface area contributed by atoms with Crippen LogP contribution in [-0.2, 0) is 25.8 Å². The third-order valence-corrected chi connectivity index (χ3v) is 5.11. The first-order valence-corrected chi connectivity index (χ1v) is 10.8. The van der Waals surface area contributed by atoms with Crippen molar-refractivity contribution in [1.82, 2.24) is 20.8 Å². The van der Waals surface area contributed by atoms with Crippen LogP contribution in [0.5, 0.6) is 0 Å². The molecule has 0 saturated carbocycles. The van der Waals surface area contributed by atoms with E-state index >= 15 is 0 Å². The van der Waals surface area contributed by atoms with Crippen molar-refractivity contribution in [3.63, 3.8) is 0 Å². The van der Waals surface area contributed by atoms with E-state index in [2.05, 4.69) is 10.8 Å². The molecule has 3 rings (SSSR count). The topological polar surface area (TPSA) is 109 Å². The first kappa shape index (κ1) is 23.8. The Hall–Kier alpha value is -2.85. The molecule has 32 heavy (non-hydrogen) atoms. The van der Waals surface area contributed by atoms with E-state index in [4.69, 9.17) is 14.4 Å². The molecule has 2 bridgehead atoms. The Kier molecular flexibility index (Phi) is 7.57. The molecule has 2 aliphatic rings. The van der Waals surface area contributed by atoms with Gasteiger partial charge in [-0.25, -0.2) is 15.1 Å². The molecule has 10 heteroatoms. The Balaban J connectivity index is 1.43. The van der Waals surface area contributed by atoms with Crippen LogP contribution in [0.4, 0.5) is 9.59 Å². The van der Waals surface area contributed by atoms with E-state index < -0.39 is 23.6 Å². The fourth-order valence-electron chi connectivity index (χ4n) is 3.65. The number of carbonyl (C=O) groups excluding carboxylic acids is 3. The van der Waals surface area contributed by atoms with E-state index in [9.17, 15) is 14.4 Å². The lowest BCUT2D eigenvalue weighted by Crippen LogP contribution is -2.50. The van der Waals surface area contributed by atoms with Crippen LogP contribution in [0.2, 0.25) is 0 Å². The number of nitrogens with one attached hydrogen (secondary N) is 2. The highest BCUT2D eigenvalue weighted by Gasteiger charge is 2.48. The lowest BCUT2D eigenvalue weighted by Gasteiger charge is -2.29. The summed E-state index contributed by atoms with van der Waals surface area (Å²) in [6, 6.07) is 8.21. The molecule has 0 spiro atoms. The Morgan fingerprint density at radius 3 is 2.59 bits per heavy atom. The number of nitrogens with zero attached hydrogens (tertiary/aromatic N) is 2. The molecule has 4 amide bonds. The summed E-state index contributed by atoms with van der Waals surface area (Å²) in [7, 11) is 0. The average molecular weight is 449 g/mol. The van der Waals surface area contributed by atoms with Crippen molar-refractivity contribution in [1.29, 1.82) is 0 Å². The summed E-state index contributed by atoms with van der Waals surface area (Å²) >= 11 is 0. The van der Waals surface area contributed by atoms with E-state index in [-0.39, 0.29) is 24.7 Å². The minimum Gasteiger partial charge on any atom is -0.444 e. The third-order valence-electron chi connectivity index (χ3n) is 5.11. The maximum absolute atomic E-state index is 12.8. The Morgan fingerprint density at radius 2 is 1.91 bits per heavy atom. The van der Waals surface area contributed by atoms with Crippen LogP contribution in [0, 0.1) is 0 Å². The predicted molar refractivity (Wildman–Crippen MR) is 115 cm³/mol. The second-order valence-electron chi connectivity index (χ2n) is 9.09. The zero-order valence-electron chi connectivity index (χ0n) is 19.0. The number of fused-ring (bicyclic) bond motifs is 2. The zero-order valence-corrected chi connectivity index (χ0v) is 19.0. The van der Waals surface area contributed by atoms with Crippen molar-refractivity contribution in [3.8, 4) is 0 Å². The van der Waals surface area contributed by atoms with Crippen LogP contribution in [0.1, 0.15) is 46.1 Å². The fourth-order valence-corrected chi connectivity index (χ4v) is 3.65. The maximum atomic E-state index is 12.8. The Morgan fingerprint density at radius 1 is 1.19 bits per heavy atom. The maximum Gasteiger partial charge on any atom is 0.407 e. The summed E-state index contributed by atoms with van der Waals surface area (Å²) in [5.41, 5.74) is 2.76. The van der Waals surface area contributed by atoms with Crippen molar-refractivity contribution in [3.05, 3.63) is 35.9 Å². The molecule has 10 nitrogen and oxygen atoms in total. The number of rotatable bonds is 8. The van der Waals surface area contributed by atoms with E-state index in [0.717, 1.165) is 5.56 Å². The van der Waals surface area contributed by atoms with Crippen LogP contribution < -0.4 is 10.8 Å². The normalized spacial score (nSPS) is 21.3. The van der Waals surface area contributed by atoms with Crippen LogP contribution in [-0.4, -0.2) is 64.9 Å². The molecular formula is C22H32N4O6. The van der Waals surface area contributed by atoms with Gasteiger partial charge in [-0.2, -0.15) is 5.06 Å². The number of urea groups is 1. The number of hydrogen-bond acceptors (Lipinski definition) is 6. The fraction of sp³-hybridized carbons (Fsp3) is 0.591. The number of amides is 4. The Labute approximate surface area is 188 Å². The second kappa shape index (κ2) is 10.2. The molecule has 0 radical (unpaired) electrons. The summed E-state index contributed by atoms with van der Waals surface area (Å²) in [5.74, 6) is -0.397. The number of carbonyl (C=O) groups is 3. The number of benzene rings is 1. The van der Waals surface area contributed by atoms with Gasteiger partial charge in [-0.1, -0.05) is 30.3 Å². The standard InChI is InChI=1S/C22H32N4O6/c1-15(23-20(28)32-22(2,3)4)13-30-24-19(27)18-11-10-17-12-25(18)21(29)26(17)31-14-16-8-6-5-7-9-16/h5-9,15,17-18H,10-14H2,1-4H3,(H,23,28)(H,24,27)/t15-,17-,18+/m1/s1. The number of ether oxygens (including phenoxy) is 1. The third kappa shape index (κ3) is 6.33. The average Bonchev–Trinajstić information content (AvgIpc) is 2.95. The molecule has 1 aromatic carbocycles. The molecule has 0 unspecified atom stereocenters. The molecular weight excluding hydrogens is 416 g/mol. The van der Waals surface area contributed by atoms with Gasteiger partial charge in [0, 0.05) is 6.54 Å². The van der Waals surface area contributed by atoms with Gasteiger partial charge in [0.2, 0.25) is 0 Å². The second-order valence-corrected chi connectivity index (χ2v) is 9.09. The first-order valence-electron chi connectivity index (χ1n) is 10.8. The van der Waals surface area contributed by atoms with Crippen molar-refractivity contribution < 1.29 is 28.8 Å². The highest BCUT2D eigenvalue weighted by molar-refractivity contribution is 5.88. The number of piperidine rings is 1. The van der Waals surface area contributed by atoms with Gasteiger partial charge in [0.15, 0.2) is 0 Å². The molecule has 0 aliphatic carbocycles. The van der Waals surface area contributed by atoms with Crippen LogP contribution >= 0.6 is 0 Å². The molecule has 1 aromatic rings. The molecule has 2 N–H and O–H groups in total. The van der Waals surface area contributed by atoms with E-state index in [1.54, 1.807) is 27.7 Å². The van der Waals surface area contributed by atoms with Gasteiger partial charge < -0.3 is 15.0 Å².